The molecule has 1 N–H and O–H groups in total. The number of rotatable bonds is 5. The Morgan fingerprint density at radius 1 is 1.47 bits per heavy atom. The Labute approximate surface area is 105 Å². The van der Waals surface area contributed by atoms with Gasteiger partial charge in [0.1, 0.15) is 5.75 Å². The first-order chi connectivity index (χ1) is 8.10. The molecular formula is C12H16O4S. The second-order valence-corrected chi connectivity index (χ2v) is 4.43. The predicted octanol–water partition coefficient (Wildman–Crippen LogP) is 2.01. The lowest BCUT2D eigenvalue weighted by Gasteiger charge is -2.15. The van der Waals surface area contributed by atoms with Crippen molar-refractivity contribution in [1.29, 1.82) is 0 Å². The minimum absolute atomic E-state index is 0.212. The van der Waals surface area contributed by atoms with Gasteiger partial charge >= 0.3 is 5.97 Å². The van der Waals surface area contributed by atoms with Crippen molar-refractivity contribution < 1.29 is 19.4 Å². The van der Waals surface area contributed by atoms with Crippen molar-refractivity contribution in [1.82, 2.24) is 0 Å². The molecule has 0 fully saturated rings. The summed E-state index contributed by atoms with van der Waals surface area (Å²) in [5, 5.41) is 9.73. The molecule has 0 unspecified atom stereocenters. The van der Waals surface area contributed by atoms with E-state index in [2.05, 4.69) is 4.74 Å². The van der Waals surface area contributed by atoms with Gasteiger partial charge in [-0.15, -0.1) is 11.8 Å². The van der Waals surface area contributed by atoms with Crippen LogP contribution in [0.2, 0.25) is 0 Å². The standard InChI is InChI=1S/C12H16O4S/c1-8(13)12-9(15-2)5-4-6-10(12)17-7-11(14)16-3/h4-6,8,13H,7H2,1-3H3/t8-/m1/s1. The monoisotopic (exact) mass is 256 g/mol. The van der Waals surface area contributed by atoms with Gasteiger partial charge in [0.15, 0.2) is 0 Å². The molecule has 0 heterocycles. The fourth-order valence-corrected chi connectivity index (χ4v) is 2.43. The first kappa shape index (κ1) is 13.9. The van der Waals surface area contributed by atoms with E-state index < -0.39 is 6.10 Å². The molecule has 0 saturated heterocycles. The van der Waals surface area contributed by atoms with Crippen LogP contribution in [-0.4, -0.2) is 31.0 Å². The number of benzene rings is 1. The van der Waals surface area contributed by atoms with Crippen molar-refractivity contribution >= 4 is 17.7 Å². The van der Waals surface area contributed by atoms with Crippen molar-refractivity contribution in [2.24, 2.45) is 0 Å². The summed E-state index contributed by atoms with van der Waals surface area (Å²) in [6, 6.07) is 5.45. The molecule has 0 amide bonds. The molecule has 1 rings (SSSR count). The van der Waals surface area contributed by atoms with Crippen molar-refractivity contribution in [2.75, 3.05) is 20.0 Å². The molecule has 1 atom stereocenters. The van der Waals surface area contributed by atoms with Gasteiger partial charge in [0, 0.05) is 10.5 Å². The molecule has 0 spiro atoms. The van der Waals surface area contributed by atoms with Gasteiger partial charge < -0.3 is 14.6 Å². The average molecular weight is 256 g/mol. The van der Waals surface area contributed by atoms with Crippen molar-refractivity contribution in [2.45, 2.75) is 17.9 Å². The summed E-state index contributed by atoms with van der Waals surface area (Å²) in [5.41, 5.74) is 0.698. The summed E-state index contributed by atoms with van der Waals surface area (Å²) in [4.78, 5) is 11.9. The molecule has 0 bridgehead atoms. The lowest BCUT2D eigenvalue weighted by molar-refractivity contribution is -0.137. The Kier molecular flexibility index (Phi) is 5.31. The third-order valence-electron chi connectivity index (χ3n) is 2.24. The molecule has 1 aromatic carbocycles. The number of hydrogen-bond acceptors (Lipinski definition) is 5. The van der Waals surface area contributed by atoms with E-state index >= 15 is 0 Å². The van der Waals surface area contributed by atoms with E-state index in [1.807, 2.05) is 12.1 Å². The second-order valence-electron chi connectivity index (χ2n) is 3.41. The highest BCUT2D eigenvalue weighted by Gasteiger charge is 2.15. The number of thioether (sulfide) groups is 1. The lowest BCUT2D eigenvalue weighted by Crippen LogP contribution is -2.05. The number of aliphatic hydroxyl groups excluding tert-OH is 1. The molecule has 0 saturated carbocycles. The molecule has 5 heteroatoms. The summed E-state index contributed by atoms with van der Waals surface area (Å²) in [7, 11) is 2.90. The molecular weight excluding hydrogens is 240 g/mol. The minimum atomic E-state index is -0.647. The Hall–Kier alpha value is -1.20. The van der Waals surface area contributed by atoms with Crippen molar-refractivity contribution in [3.8, 4) is 5.75 Å². The maximum atomic E-state index is 11.1. The number of hydrogen-bond donors (Lipinski definition) is 1. The summed E-state index contributed by atoms with van der Waals surface area (Å²) in [6.07, 6.45) is -0.647. The maximum Gasteiger partial charge on any atom is 0.315 e. The van der Waals surface area contributed by atoms with Crippen molar-refractivity contribution in [3.63, 3.8) is 0 Å². The van der Waals surface area contributed by atoms with Crippen LogP contribution in [-0.2, 0) is 9.53 Å². The zero-order valence-corrected chi connectivity index (χ0v) is 10.9. The largest absolute Gasteiger partial charge is 0.496 e. The topological polar surface area (TPSA) is 55.8 Å². The van der Waals surface area contributed by atoms with Gasteiger partial charge in [-0.25, -0.2) is 0 Å². The number of methoxy groups -OCH3 is 2. The Bertz CT molecular complexity index is 390. The molecule has 1 aromatic rings. The normalized spacial score (nSPS) is 12.0. The SMILES string of the molecule is COC(=O)CSc1cccc(OC)c1[C@@H](C)O. The van der Waals surface area contributed by atoms with E-state index in [1.165, 1.54) is 18.9 Å². The Morgan fingerprint density at radius 2 is 2.18 bits per heavy atom. The quantitative estimate of drug-likeness (QED) is 0.645. The summed E-state index contributed by atoms with van der Waals surface area (Å²) in [6.45, 7) is 1.67. The summed E-state index contributed by atoms with van der Waals surface area (Å²) >= 11 is 1.32. The van der Waals surface area contributed by atoms with Crippen LogP contribution in [0.15, 0.2) is 23.1 Å². The van der Waals surface area contributed by atoms with E-state index in [-0.39, 0.29) is 11.7 Å². The zero-order valence-electron chi connectivity index (χ0n) is 10.1. The highest BCUT2D eigenvalue weighted by Crippen LogP contribution is 2.34. The molecule has 0 aliphatic carbocycles. The van der Waals surface area contributed by atoms with Gasteiger partial charge in [0.2, 0.25) is 0 Å². The van der Waals surface area contributed by atoms with Crippen LogP contribution in [0.1, 0.15) is 18.6 Å². The van der Waals surface area contributed by atoms with E-state index in [0.29, 0.717) is 11.3 Å². The Balaban J connectivity index is 2.94. The fourth-order valence-electron chi connectivity index (χ4n) is 1.44. The van der Waals surface area contributed by atoms with Gasteiger partial charge in [-0.3, -0.25) is 4.79 Å². The number of carbonyl (C=O) groups is 1. The minimum Gasteiger partial charge on any atom is -0.496 e. The van der Waals surface area contributed by atoms with Crippen LogP contribution in [0.3, 0.4) is 0 Å². The highest BCUT2D eigenvalue weighted by atomic mass is 32.2. The predicted molar refractivity (Wildman–Crippen MR) is 66.4 cm³/mol. The van der Waals surface area contributed by atoms with E-state index in [9.17, 15) is 9.90 Å². The van der Waals surface area contributed by atoms with Crippen LogP contribution < -0.4 is 4.74 Å². The molecule has 94 valence electrons. The van der Waals surface area contributed by atoms with Gasteiger partial charge in [0.25, 0.3) is 0 Å². The van der Waals surface area contributed by atoms with E-state index in [0.717, 1.165) is 4.90 Å². The van der Waals surface area contributed by atoms with Gasteiger partial charge in [-0.1, -0.05) is 6.07 Å². The smallest absolute Gasteiger partial charge is 0.315 e. The third kappa shape index (κ3) is 3.64. The molecule has 4 nitrogen and oxygen atoms in total. The Morgan fingerprint density at radius 3 is 2.71 bits per heavy atom. The molecule has 0 aromatic heterocycles. The number of carbonyl (C=O) groups excluding carboxylic acids is 1. The van der Waals surface area contributed by atoms with E-state index in [4.69, 9.17) is 4.74 Å². The number of aliphatic hydroxyl groups is 1. The van der Waals surface area contributed by atoms with Crippen LogP contribution >= 0.6 is 11.8 Å². The van der Waals surface area contributed by atoms with Crippen LogP contribution in [0.25, 0.3) is 0 Å². The first-order valence-corrected chi connectivity index (χ1v) is 6.13. The third-order valence-corrected chi connectivity index (χ3v) is 3.28. The summed E-state index contributed by atoms with van der Waals surface area (Å²) in [5.74, 6) is 0.535. The van der Waals surface area contributed by atoms with Crippen LogP contribution in [0, 0.1) is 0 Å². The van der Waals surface area contributed by atoms with E-state index in [1.54, 1.807) is 20.1 Å². The van der Waals surface area contributed by atoms with Crippen LogP contribution in [0.4, 0.5) is 0 Å². The molecule has 17 heavy (non-hydrogen) atoms. The number of ether oxygens (including phenoxy) is 2. The molecule has 0 aliphatic heterocycles. The average Bonchev–Trinajstić information content (AvgIpc) is 2.34. The molecule has 0 aliphatic rings. The van der Waals surface area contributed by atoms with Crippen LogP contribution in [0.5, 0.6) is 5.75 Å². The van der Waals surface area contributed by atoms with Gasteiger partial charge in [-0.2, -0.15) is 0 Å². The maximum absolute atomic E-state index is 11.1. The van der Waals surface area contributed by atoms with Gasteiger partial charge in [0.05, 0.1) is 26.1 Å². The first-order valence-electron chi connectivity index (χ1n) is 5.14. The fraction of sp³-hybridized carbons (Fsp3) is 0.417. The number of esters is 1. The second kappa shape index (κ2) is 6.51. The lowest BCUT2D eigenvalue weighted by atomic mass is 10.1. The van der Waals surface area contributed by atoms with Gasteiger partial charge in [-0.05, 0) is 19.1 Å². The summed E-state index contributed by atoms with van der Waals surface area (Å²) < 4.78 is 9.77. The van der Waals surface area contributed by atoms with Crippen molar-refractivity contribution in [3.05, 3.63) is 23.8 Å². The zero-order chi connectivity index (χ0) is 12.8. The highest BCUT2D eigenvalue weighted by molar-refractivity contribution is 8.00. The molecule has 0 radical (unpaired) electrons.